The average Bonchev–Trinajstić information content (AvgIpc) is 2.08. The fourth-order valence-corrected chi connectivity index (χ4v) is 1.29. The summed E-state index contributed by atoms with van der Waals surface area (Å²) in [6.07, 6.45) is 0.432. The van der Waals surface area contributed by atoms with Crippen LogP contribution in [0.3, 0.4) is 0 Å². The first-order valence-electron chi connectivity index (χ1n) is 3.67. The Balaban J connectivity index is 2.64. The van der Waals surface area contributed by atoms with Crippen molar-refractivity contribution in [2.45, 2.75) is 11.8 Å². The minimum absolute atomic E-state index is 0.432. The lowest BCUT2D eigenvalue weighted by Gasteiger charge is -2.03. The van der Waals surface area contributed by atoms with Crippen LogP contribution in [0.4, 0.5) is 0 Å². The van der Waals surface area contributed by atoms with Crippen LogP contribution in [0.25, 0.3) is 0 Å². The predicted molar refractivity (Wildman–Crippen MR) is 55.7 cm³/mol. The van der Waals surface area contributed by atoms with E-state index in [1.54, 1.807) is 12.1 Å². The maximum atomic E-state index is 10.6. The molecule has 0 fully saturated rings. The smallest absolute Gasteiger partial charge is 0.239 e. The van der Waals surface area contributed by atoms with Crippen molar-refractivity contribution in [3.05, 3.63) is 34.9 Å². The largest absolute Gasteiger partial charge is 0.280 e. The van der Waals surface area contributed by atoms with Gasteiger partial charge in [-0.2, -0.15) is 0 Å². The number of rotatable bonds is 3. The molecule has 1 unspecified atom stereocenters. The number of carbonyl (C=O) groups excluding carboxylic acids is 1. The summed E-state index contributed by atoms with van der Waals surface area (Å²) >= 11 is 16.6. The van der Waals surface area contributed by atoms with Crippen LogP contribution in [0.2, 0.25) is 5.02 Å². The lowest BCUT2D eigenvalue weighted by Crippen LogP contribution is -2.10. The van der Waals surface area contributed by atoms with Crippen LogP contribution in [0, 0.1) is 0 Å². The Morgan fingerprint density at radius 1 is 1.31 bits per heavy atom. The van der Waals surface area contributed by atoms with Crippen LogP contribution in [0.5, 0.6) is 0 Å². The van der Waals surface area contributed by atoms with Gasteiger partial charge in [0.15, 0.2) is 0 Å². The molecule has 0 N–H and O–H groups in total. The molecule has 0 aliphatic carbocycles. The number of carbonyl (C=O) groups is 1. The Morgan fingerprint density at radius 3 is 2.31 bits per heavy atom. The highest BCUT2D eigenvalue weighted by molar-refractivity contribution is 6.69. The van der Waals surface area contributed by atoms with Gasteiger partial charge in [0.1, 0.15) is 5.38 Å². The molecule has 0 aliphatic heterocycles. The lowest BCUT2D eigenvalue weighted by molar-refractivity contribution is -0.111. The Bertz CT molecular complexity index is 294. The highest BCUT2D eigenvalue weighted by Gasteiger charge is 2.12. The Labute approximate surface area is 91.6 Å². The Morgan fingerprint density at radius 2 is 1.85 bits per heavy atom. The molecule has 0 spiro atoms. The molecule has 0 aromatic heterocycles. The van der Waals surface area contributed by atoms with Gasteiger partial charge >= 0.3 is 0 Å². The van der Waals surface area contributed by atoms with Crippen LogP contribution >= 0.6 is 34.8 Å². The molecule has 0 amide bonds. The van der Waals surface area contributed by atoms with Gasteiger partial charge < -0.3 is 0 Å². The minimum atomic E-state index is -0.664. The molecule has 0 heterocycles. The zero-order valence-electron chi connectivity index (χ0n) is 6.64. The van der Waals surface area contributed by atoms with E-state index in [2.05, 4.69) is 0 Å². The van der Waals surface area contributed by atoms with E-state index in [-0.39, 0.29) is 0 Å². The first-order valence-corrected chi connectivity index (χ1v) is 4.86. The van der Waals surface area contributed by atoms with Crippen LogP contribution in [-0.2, 0) is 11.2 Å². The molecular weight excluding hydrogens is 230 g/mol. The van der Waals surface area contributed by atoms with Gasteiger partial charge in [0.05, 0.1) is 0 Å². The molecule has 4 heteroatoms. The lowest BCUT2D eigenvalue weighted by atomic mass is 10.1. The van der Waals surface area contributed by atoms with Gasteiger partial charge in [0.2, 0.25) is 5.24 Å². The fraction of sp³-hybridized carbons (Fsp3) is 0.222. The quantitative estimate of drug-likeness (QED) is 0.582. The maximum Gasteiger partial charge on any atom is 0.239 e. The van der Waals surface area contributed by atoms with Crippen molar-refractivity contribution in [3.63, 3.8) is 0 Å². The monoisotopic (exact) mass is 236 g/mol. The Hall–Kier alpha value is -0.240. The van der Waals surface area contributed by atoms with E-state index in [9.17, 15) is 4.79 Å². The third-order valence-corrected chi connectivity index (χ3v) is 2.55. The van der Waals surface area contributed by atoms with Crippen LogP contribution in [0.1, 0.15) is 5.56 Å². The molecular formula is C9H7Cl3O. The first-order chi connectivity index (χ1) is 6.09. The second kappa shape index (κ2) is 4.85. The summed E-state index contributed by atoms with van der Waals surface area (Å²) in [4.78, 5) is 10.6. The first kappa shape index (κ1) is 10.8. The fourth-order valence-electron chi connectivity index (χ4n) is 0.908. The molecule has 1 atom stereocenters. The zero-order chi connectivity index (χ0) is 9.84. The van der Waals surface area contributed by atoms with E-state index < -0.39 is 10.6 Å². The number of halogens is 3. The molecule has 0 saturated heterocycles. The normalized spacial score (nSPS) is 12.5. The molecule has 1 aromatic carbocycles. The standard InChI is InChI=1S/C9H7Cl3O/c10-7-3-1-6(2-4-7)5-8(11)9(12)13/h1-4,8H,5H2. The molecule has 13 heavy (non-hydrogen) atoms. The third kappa shape index (κ3) is 3.55. The van der Waals surface area contributed by atoms with Gasteiger partial charge in [-0.15, -0.1) is 11.6 Å². The number of hydrogen-bond donors (Lipinski definition) is 0. The maximum absolute atomic E-state index is 10.6. The summed E-state index contributed by atoms with van der Waals surface area (Å²) in [5.74, 6) is 0. The van der Waals surface area contributed by atoms with Gasteiger partial charge in [0.25, 0.3) is 0 Å². The summed E-state index contributed by atoms with van der Waals surface area (Å²) in [5.41, 5.74) is 0.943. The van der Waals surface area contributed by atoms with E-state index in [0.29, 0.717) is 11.4 Å². The molecule has 1 aromatic rings. The van der Waals surface area contributed by atoms with Crippen molar-refractivity contribution in [1.82, 2.24) is 0 Å². The van der Waals surface area contributed by atoms with Crippen molar-refractivity contribution in [3.8, 4) is 0 Å². The number of hydrogen-bond acceptors (Lipinski definition) is 1. The van der Waals surface area contributed by atoms with Crippen molar-refractivity contribution in [2.75, 3.05) is 0 Å². The second-order valence-corrected chi connectivity index (χ2v) is 3.94. The minimum Gasteiger partial charge on any atom is -0.280 e. The highest BCUT2D eigenvalue weighted by Crippen LogP contribution is 2.14. The van der Waals surface area contributed by atoms with E-state index in [4.69, 9.17) is 34.8 Å². The van der Waals surface area contributed by atoms with Gasteiger partial charge in [0, 0.05) is 5.02 Å². The van der Waals surface area contributed by atoms with Crippen molar-refractivity contribution < 1.29 is 4.79 Å². The molecule has 0 radical (unpaired) electrons. The van der Waals surface area contributed by atoms with E-state index >= 15 is 0 Å². The van der Waals surface area contributed by atoms with Crippen LogP contribution < -0.4 is 0 Å². The van der Waals surface area contributed by atoms with Crippen molar-refractivity contribution in [1.29, 1.82) is 0 Å². The van der Waals surface area contributed by atoms with E-state index in [1.807, 2.05) is 12.1 Å². The van der Waals surface area contributed by atoms with Gasteiger partial charge in [-0.05, 0) is 35.7 Å². The molecule has 1 rings (SSSR count). The predicted octanol–water partition coefficient (Wildman–Crippen LogP) is 3.26. The Kier molecular flexibility index (Phi) is 4.04. The van der Waals surface area contributed by atoms with Gasteiger partial charge in [-0.1, -0.05) is 23.7 Å². The highest BCUT2D eigenvalue weighted by atomic mass is 35.5. The van der Waals surface area contributed by atoms with Crippen molar-refractivity contribution in [2.24, 2.45) is 0 Å². The number of alkyl halides is 1. The topological polar surface area (TPSA) is 17.1 Å². The average molecular weight is 238 g/mol. The third-order valence-electron chi connectivity index (χ3n) is 1.57. The van der Waals surface area contributed by atoms with Crippen LogP contribution in [0.15, 0.2) is 24.3 Å². The summed E-state index contributed by atoms with van der Waals surface area (Å²) in [5, 5.41) is -0.536. The molecule has 0 saturated carbocycles. The molecule has 1 nitrogen and oxygen atoms in total. The summed E-state index contributed by atoms with van der Waals surface area (Å²) in [7, 11) is 0. The van der Waals surface area contributed by atoms with Gasteiger partial charge in [-0.25, -0.2) is 0 Å². The number of benzene rings is 1. The van der Waals surface area contributed by atoms with Crippen LogP contribution in [-0.4, -0.2) is 10.6 Å². The van der Waals surface area contributed by atoms with E-state index in [0.717, 1.165) is 5.56 Å². The molecule has 0 aliphatic rings. The van der Waals surface area contributed by atoms with E-state index in [1.165, 1.54) is 0 Å². The van der Waals surface area contributed by atoms with Crippen molar-refractivity contribution >= 4 is 40.0 Å². The summed E-state index contributed by atoms with van der Waals surface area (Å²) in [6, 6.07) is 7.13. The SMILES string of the molecule is O=C(Cl)C(Cl)Cc1ccc(Cl)cc1. The summed E-state index contributed by atoms with van der Waals surface area (Å²) in [6.45, 7) is 0. The zero-order valence-corrected chi connectivity index (χ0v) is 8.90. The van der Waals surface area contributed by atoms with Gasteiger partial charge in [-0.3, -0.25) is 4.79 Å². The molecule has 70 valence electrons. The second-order valence-electron chi connectivity index (χ2n) is 2.60. The molecule has 0 bridgehead atoms. The summed E-state index contributed by atoms with van der Waals surface area (Å²) < 4.78 is 0.